The van der Waals surface area contributed by atoms with E-state index >= 15 is 0 Å². The van der Waals surface area contributed by atoms with Crippen molar-refractivity contribution in [1.29, 1.82) is 0 Å². The Kier molecular flexibility index (Phi) is 9.95. The molecule has 0 spiro atoms. The summed E-state index contributed by atoms with van der Waals surface area (Å²) in [5, 5.41) is 0. The molecule has 0 bridgehead atoms. The average Bonchev–Trinajstić information content (AvgIpc) is 2.58. The molecule has 132 valence electrons. The molecule has 1 aliphatic heterocycles. The molecule has 0 radical (unpaired) electrons. The second-order valence-electron chi connectivity index (χ2n) is 7.20. The summed E-state index contributed by atoms with van der Waals surface area (Å²) in [6.45, 7) is 17.1. The molecular weight excluding hydrogens is 279 g/mol. The first-order valence-electron chi connectivity index (χ1n) is 10.4. The van der Waals surface area contributed by atoms with Gasteiger partial charge in [0.15, 0.2) is 0 Å². The van der Waals surface area contributed by atoms with E-state index in [1.807, 2.05) is 0 Å². The number of nitrogens with zero attached hydrogens (tertiary/aromatic N) is 3. The fourth-order valence-electron chi connectivity index (χ4n) is 4.58. The predicted molar refractivity (Wildman–Crippen MR) is 109 cm³/mol. The third-order valence-corrected chi connectivity index (χ3v) is 6.10. The summed E-state index contributed by atoms with van der Waals surface area (Å²) >= 11 is 0. The number of hydrogen-bond acceptors (Lipinski definition) is 3. The summed E-state index contributed by atoms with van der Waals surface area (Å²) in [6, 6.07) is 2.16. The Bertz CT molecular complexity index is 285. The van der Waals surface area contributed by atoms with Gasteiger partial charge in [0.2, 0.25) is 0 Å². The van der Waals surface area contributed by atoms with Gasteiger partial charge in [0.05, 0.1) is 0 Å². The maximum absolute atomic E-state index is 2.82. The third-order valence-electron chi connectivity index (χ3n) is 6.10. The normalized spacial score (nSPS) is 18.1. The van der Waals surface area contributed by atoms with Crippen LogP contribution < -0.4 is 0 Å². The van der Waals surface area contributed by atoms with Crippen LogP contribution in [0.25, 0.3) is 0 Å². The van der Waals surface area contributed by atoms with E-state index < -0.39 is 0 Å². The first-order chi connectivity index (χ1) is 11.1. The van der Waals surface area contributed by atoms with Gasteiger partial charge in [0.25, 0.3) is 22.1 Å². The van der Waals surface area contributed by atoms with Crippen LogP contribution in [-0.4, -0.2) is 54.4 Å². The molecule has 0 aromatic carbocycles. The van der Waals surface area contributed by atoms with Gasteiger partial charge in [0.1, 0.15) is 0 Å². The average molecular weight is 319 g/mol. The first kappa shape index (κ1) is 21.1. The van der Waals surface area contributed by atoms with E-state index in [1.165, 1.54) is 44.8 Å². The molecule has 0 aliphatic carbocycles. The molecule has 0 aromatic rings. The summed E-state index contributed by atoms with van der Waals surface area (Å²) in [7, 11) is 2.32. The molecule has 23 heavy (non-hydrogen) atoms. The molecule has 0 saturated carbocycles. The standard InChI is InChI=1S/C17H40B3N3/c1-8-15(9-2)21-18-22(16(10-3)11-4)20(14-7)23(19-21)17(12-5)13-6/h15-19H,8-14H2,1-7H3. The van der Waals surface area contributed by atoms with Crippen molar-refractivity contribution in [2.45, 2.75) is 111 Å². The minimum atomic E-state index is 0.621. The second kappa shape index (κ2) is 10.8. The van der Waals surface area contributed by atoms with Gasteiger partial charge in [0, 0.05) is 0 Å². The molecule has 0 unspecified atom stereocenters. The Morgan fingerprint density at radius 1 is 0.609 bits per heavy atom. The molecule has 1 aliphatic rings. The minimum absolute atomic E-state index is 0.621. The van der Waals surface area contributed by atoms with Crippen LogP contribution in [0.3, 0.4) is 0 Å². The summed E-state index contributed by atoms with van der Waals surface area (Å²) < 4.78 is 8.39. The van der Waals surface area contributed by atoms with Crippen molar-refractivity contribution in [3.8, 4) is 0 Å². The molecule has 1 rings (SSSR count). The van der Waals surface area contributed by atoms with Gasteiger partial charge in [-0.2, -0.15) is 0 Å². The van der Waals surface area contributed by atoms with E-state index in [0.29, 0.717) is 19.1 Å². The molecule has 1 saturated heterocycles. The maximum atomic E-state index is 2.82. The highest BCUT2D eigenvalue weighted by molar-refractivity contribution is 6.74. The maximum Gasteiger partial charge on any atom is 0.289 e. The summed E-state index contributed by atoms with van der Waals surface area (Å²) in [5.41, 5.74) is 0. The largest absolute Gasteiger partial charge is 0.361 e. The first-order valence-corrected chi connectivity index (χ1v) is 10.4. The van der Waals surface area contributed by atoms with Crippen molar-refractivity contribution < 1.29 is 0 Å². The predicted octanol–water partition coefficient (Wildman–Crippen LogP) is 3.51. The van der Waals surface area contributed by atoms with Gasteiger partial charge in [-0.05, 0) is 63.0 Å². The van der Waals surface area contributed by atoms with Crippen molar-refractivity contribution in [1.82, 2.24) is 14.2 Å². The van der Waals surface area contributed by atoms with Gasteiger partial charge in [-0.1, -0.05) is 48.5 Å². The molecule has 0 amide bonds. The zero-order valence-electron chi connectivity index (χ0n) is 17.0. The Labute approximate surface area is 148 Å². The van der Waals surface area contributed by atoms with Crippen LogP contribution in [0.5, 0.6) is 0 Å². The molecular formula is C17H40B3N3. The third kappa shape index (κ3) is 5.03. The molecule has 6 heteroatoms. The van der Waals surface area contributed by atoms with E-state index in [4.69, 9.17) is 0 Å². The lowest BCUT2D eigenvalue weighted by Crippen LogP contribution is -2.72. The number of rotatable bonds is 10. The van der Waals surface area contributed by atoms with Gasteiger partial charge in [-0.3, -0.25) is 0 Å². The minimum Gasteiger partial charge on any atom is -0.361 e. The molecule has 3 nitrogen and oxygen atoms in total. The fraction of sp³-hybridized carbons (Fsp3) is 1.00. The van der Waals surface area contributed by atoms with Crippen LogP contribution in [-0.2, 0) is 0 Å². The van der Waals surface area contributed by atoms with Crippen LogP contribution in [0, 0.1) is 0 Å². The summed E-state index contributed by atoms with van der Waals surface area (Å²) in [6.07, 6.45) is 8.83. The summed E-state index contributed by atoms with van der Waals surface area (Å²) in [4.78, 5) is 0. The van der Waals surface area contributed by atoms with Gasteiger partial charge < -0.3 is 14.2 Å². The van der Waals surface area contributed by atoms with E-state index in [0.717, 1.165) is 21.1 Å². The second-order valence-corrected chi connectivity index (χ2v) is 7.20. The van der Waals surface area contributed by atoms with Crippen LogP contribution in [0.1, 0.15) is 87.0 Å². The van der Waals surface area contributed by atoms with E-state index in [1.54, 1.807) is 0 Å². The lowest BCUT2D eigenvalue weighted by Gasteiger charge is -2.53. The smallest absolute Gasteiger partial charge is 0.289 e. The van der Waals surface area contributed by atoms with E-state index in [9.17, 15) is 0 Å². The molecule has 0 N–H and O–H groups in total. The van der Waals surface area contributed by atoms with Crippen molar-refractivity contribution in [3.05, 3.63) is 0 Å². The molecule has 1 heterocycles. The molecule has 0 atom stereocenters. The van der Waals surface area contributed by atoms with Gasteiger partial charge >= 0.3 is 0 Å². The van der Waals surface area contributed by atoms with Gasteiger partial charge in [-0.25, -0.2) is 0 Å². The van der Waals surface area contributed by atoms with Crippen LogP contribution in [0.15, 0.2) is 0 Å². The summed E-state index contributed by atoms with van der Waals surface area (Å²) in [5.74, 6) is 0. The highest BCUT2D eigenvalue weighted by atomic mass is 15.3. The SMILES string of the molecule is CCB1N(C(CC)CC)BN(C(CC)CC)BN1C(CC)CC. The molecule has 0 aromatic heterocycles. The lowest BCUT2D eigenvalue weighted by molar-refractivity contribution is 0.303. The molecule has 1 fully saturated rings. The van der Waals surface area contributed by atoms with Crippen LogP contribution >= 0.6 is 0 Å². The number of hydrogen-bond donors (Lipinski definition) is 0. The van der Waals surface area contributed by atoms with Crippen molar-refractivity contribution in [2.75, 3.05) is 0 Å². The fourth-order valence-corrected chi connectivity index (χ4v) is 4.58. The van der Waals surface area contributed by atoms with Crippen LogP contribution in [0.2, 0.25) is 6.32 Å². The Hall–Kier alpha value is 0.0748. The monoisotopic (exact) mass is 319 g/mol. The Balaban J connectivity index is 3.09. The van der Waals surface area contributed by atoms with Crippen LogP contribution in [0.4, 0.5) is 0 Å². The van der Waals surface area contributed by atoms with E-state index in [-0.39, 0.29) is 0 Å². The quantitative estimate of drug-likeness (QED) is 0.571. The van der Waals surface area contributed by atoms with E-state index in [2.05, 4.69) is 62.6 Å². The highest BCUT2D eigenvalue weighted by Gasteiger charge is 2.42. The van der Waals surface area contributed by atoms with Crippen molar-refractivity contribution in [3.63, 3.8) is 0 Å². The zero-order valence-corrected chi connectivity index (χ0v) is 17.0. The van der Waals surface area contributed by atoms with Crippen molar-refractivity contribution >= 4 is 22.1 Å². The Morgan fingerprint density at radius 3 is 1.22 bits per heavy atom. The van der Waals surface area contributed by atoms with Crippen molar-refractivity contribution in [2.24, 2.45) is 0 Å². The zero-order chi connectivity index (χ0) is 17.4. The van der Waals surface area contributed by atoms with Gasteiger partial charge in [-0.15, -0.1) is 0 Å². The Morgan fingerprint density at radius 2 is 0.957 bits per heavy atom. The lowest BCUT2D eigenvalue weighted by atomic mass is 9.53. The topological polar surface area (TPSA) is 9.72 Å². The highest BCUT2D eigenvalue weighted by Crippen LogP contribution is 2.25.